The number of carbonyl (C=O) groups is 1. The molecule has 0 N–H and O–H groups in total. The molecule has 276 valence electrons. The molecular formula is C39H41ClF2N8O3. The van der Waals surface area contributed by atoms with Crippen LogP contribution in [0.5, 0.6) is 6.01 Å². The van der Waals surface area contributed by atoms with E-state index in [0.717, 1.165) is 43.5 Å². The molecule has 1 saturated carbocycles. The summed E-state index contributed by atoms with van der Waals surface area (Å²) in [6.45, 7) is 7.02. The molecule has 9 rings (SSSR count). The van der Waals surface area contributed by atoms with Gasteiger partial charge in [0.25, 0.3) is 0 Å². The molecule has 0 unspecified atom stereocenters. The quantitative estimate of drug-likeness (QED) is 0.204. The maximum absolute atomic E-state index is 16.9. The van der Waals surface area contributed by atoms with Gasteiger partial charge in [-0.05, 0) is 75.8 Å². The van der Waals surface area contributed by atoms with Crippen molar-refractivity contribution in [1.29, 1.82) is 0 Å². The largest absolute Gasteiger partial charge is 0.461 e. The number of ether oxygens (including phenoxy) is 2. The Balaban J connectivity index is 1.07. The molecule has 4 aromatic rings. The van der Waals surface area contributed by atoms with E-state index in [9.17, 15) is 9.18 Å². The zero-order valence-corrected chi connectivity index (χ0v) is 30.6. The molecule has 14 heteroatoms. The van der Waals surface area contributed by atoms with Gasteiger partial charge in [-0.15, -0.1) is 0 Å². The minimum atomic E-state index is -0.916. The lowest BCUT2D eigenvalue weighted by molar-refractivity contribution is -0.164. The van der Waals surface area contributed by atoms with E-state index in [4.69, 9.17) is 26.1 Å². The van der Waals surface area contributed by atoms with Gasteiger partial charge in [-0.1, -0.05) is 23.7 Å². The molecule has 4 aliphatic heterocycles. The molecule has 5 fully saturated rings. The van der Waals surface area contributed by atoms with Crippen molar-refractivity contribution in [3.05, 3.63) is 70.2 Å². The minimum Gasteiger partial charge on any atom is -0.461 e. The van der Waals surface area contributed by atoms with E-state index < -0.39 is 23.1 Å². The van der Waals surface area contributed by atoms with Crippen LogP contribution in [-0.2, 0) is 9.53 Å². The number of fused-ring (bicyclic) bond motifs is 2. The number of halogens is 3. The van der Waals surface area contributed by atoms with Crippen LogP contribution in [0.2, 0.25) is 5.02 Å². The zero-order chi connectivity index (χ0) is 36.5. The van der Waals surface area contributed by atoms with Crippen LogP contribution in [0.15, 0.2) is 36.5 Å². The van der Waals surface area contributed by atoms with E-state index in [2.05, 4.69) is 24.8 Å². The number of aryl methyl sites for hydroxylation is 2. The number of piperazine rings is 1. The monoisotopic (exact) mass is 742 g/mol. The second-order valence-electron chi connectivity index (χ2n) is 15.3. The van der Waals surface area contributed by atoms with Crippen LogP contribution in [-0.4, -0.2) is 110 Å². The molecule has 7 heterocycles. The molecule has 0 bridgehead atoms. The van der Waals surface area contributed by atoms with Crippen molar-refractivity contribution in [1.82, 2.24) is 34.7 Å². The van der Waals surface area contributed by atoms with Gasteiger partial charge in [0.2, 0.25) is 5.91 Å². The average molecular weight is 743 g/mol. The number of hydrogen-bond donors (Lipinski definition) is 0. The third kappa shape index (κ3) is 6.20. The number of nitrogens with zero attached hydrogens (tertiary/aromatic N) is 8. The first kappa shape index (κ1) is 34.4. The predicted molar refractivity (Wildman–Crippen MR) is 196 cm³/mol. The molecule has 11 nitrogen and oxygen atoms in total. The fraction of sp³-hybridized carbons (Fsp3) is 0.487. The smallest absolute Gasteiger partial charge is 0.319 e. The molecule has 1 aromatic carbocycles. The lowest BCUT2D eigenvalue weighted by atomic mass is 9.91. The Bertz CT molecular complexity index is 2130. The molecule has 4 saturated heterocycles. The Morgan fingerprint density at radius 2 is 1.98 bits per heavy atom. The van der Waals surface area contributed by atoms with E-state index in [0.29, 0.717) is 79.1 Å². The first-order valence-corrected chi connectivity index (χ1v) is 18.8. The van der Waals surface area contributed by atoms with Gasteiger partial charge < -0.3 is 19.3 Å². The number of alkyl halides is 1. The van der Waals surface area contributed by atoms with E-state index >= 15 is 4.39 Å². The molecular weight excluding hydrogens is 702 g/mol. The summed E-state index contributed by atoms with van der Waals surface area (Å²) in [7, 11) is 0. The highest BCUT2D eigenvalue weighted by molar-refractivity contribution is 6.32. The Labute approximate surface area is 311 Å². The summed E-state index contributed by atoms with van der Waals surface area (Å²) in [5.41, 5.74) is 2.25. The number of amides is 1. The second kappa shape index (κ2) is 13.2. The number of hydrogen-bond acceptors (Lipinski definition) is 10. The lowest BCUT2D eigenvalue weighted by Crippen LogP contribution is -2.72. The SMILES string of the molecule is Cc1cc(/C=C/C(=O)N2CCN(c3nc(OC[C@@]45CCCN4C[C@H](F)C5)nc4c(F)c(-c5cccc(Cl)c5C5CC5)ncc34)CC23COC3)nc(C)n1. The molecule has 53 heavy (non-hydrogen) atoms. The van der Waals surface area contributed by atoms with Gasteiger partial charge in [0, 0.05) is 61.2 Å². The third-order valence-electron chi connectivity index (χ3n) is 11.5. The number of rotatable bonds is 8. The highest BCUT2D eigenvalue weighted by atomic mass is 35.5. The summed E-state index contributed by atoms with van der Waals surface area (Å²) in [5, 5.41) is 1.03. The molecule has 5 aliphatic rings. The Kier molecular flexibility index (Phi) is 8.58. The van der Waals surface area contributed by atoms with Crippen molar-refractivity contribution in [2.45, 2.75) is 69.1 Å². The number of carbonyl (C=O) groups excluding carboxylic acids is 1. The van der Waals surface area contributed by atoms with Crippen LogP contribution < -0.4 is 9.64 Å². The van der Waals surface area contributed by atoms with E-state index in [1.54, 1.807) is 18.3 Å². The van der Waals surface area contributed by atoms with Crippen molar-refractivity contribution < 1.29 is 23.0 Å². The highest BCUT2D eigenvalue weighted by Gasteiger charge is 2.51. The maximum Gasteiger partial charge on any atom is 0.319 e. The van der Waals surface area contributed by atoms with Crippen LogP contribution in [0.1, 0.15) is 60.8 Å². The predicted octanol–water partition coefficient (Wildman–Crippen LogP) is 5.85. The average Bonchev–Trinajstić information content (AvgIpc) is 3.81. The number of anilines is 1. The molecule has 2 atom stereocenters. The van der Waals surface area contributed by atoms with Crippen LogP contribution in [0.3, 0.4) is 0 Å². The number of pyridine rings is 1. The van der Waals surface area contributed by atoms with Gasteiger partial charge in [-0.3, -0.25) is 14.7 Å². The fourth-order valence-corrected chi connectivity index (χ4v) is 9.19. The van der Waals surface area contributed by atoms with Gasteiger partial charge in [-0.25, -0.2) is 18.7 Å². The van der Waals surface area contributed by atoms with Gasteiger partial charge in [0.1, 0.15) is 41.2 Å². The zero-order valence-electron chi connectivity index (χ0n) is 29.8. The van der Waals surface area contributed by atoms with E-state index in [1.165, 1.54) is 0 Å². The van der Waals surface area contributed by atoms with Crippen LogP contribution in [0.25, 0.3) is 28.2 Å². The van der Waals surface area contributed by atoms with Crippen molar-refractivity contribution in [2.75, 3.05) is 57.4 Å². The normalized spacial score (nSPS) is 24.0. The molecule has 1 aliphatic carbocycles. The minimum absolute atomic E-state index is 0.0244. The summed E-state index contributed by atoms with van der Waals surface area (Å²) < 4.78 is 43.6. The van der Waals surface area contributed by atoms with Crippen LogP contribution >= 0.6 is 11.6 Å². The highest BCUT2D eigenvalue weighted by Crippen LogP contribution is 2.48. The third-order valence-corrected chi connectivity index (χ3v) is 11.8. The summed E-state index contributed by atoms with van der Waals surface area (Å²) in [6, 6.07) is 7.36. The molecule has 0 radical (unpaired) electrons. The van der Waals surface area contributed by atoms with E-state index in [1.807, 2.05) is 47.9 Å². The van der Waals surface area contributed by atoms with Gasteiger partial charge in [0.05, 0.1) is 29.8 Å². The first-order chi connectivity index (χ1) is 25.6. The summed E-state index contributed by atoms with van der Waals surface area (Å²) in [6.07, 6.45) is 8.12. The molecule has 1 spiro atoms. The Morgan fingerprint density at radius 3 is 2.75 bits per heavy atom. The van der Waals surface area contributed by atoms with Gasteiger partial charge in [-0.2, -0.15) is 9.97 Å². The van der Waals surface area contributed by atoms with Crippen molar-refractivity contribution in [2.24, 2.45) is 0 Å². The lowest BCUT2D eigenvalue weighted by Gasteiger charge is -2.55. The first-order valence-electron chi connectivity index (χ1n) is 18.4. The summed E-state index contributed by atoms with van der Waals surface area (Å²) >= 11 is 6.66. The second-order valence-corrected chi connectivity index (χ2v) is 15.7. The Morgan fingerprint density at radius 1 is 1.13 bits per heavy atom. The fourth-order valence-electron chi connectivity index (χ4n) is 8.86. The van der Waals surface area contributed by atoms with E-state index in [-0.39, 0.29) is 35.7 Å². The van der Waals surface area contributed by atoms with Crippen molar-refractivity contribution in [3.8, 4) is 17.3 Å². The standard InChI is InChI=1S/C39H41ClF2N8O3/c1-23-15-27(45-24(2)44-23)9-10-31(51)50-14-13-48(19-39(50)20-52-21-39)36-29-17-43-34(28-5-3-6-30(40)32(28)25-7-8-25)33(42)35(29)46-37(47-36)53-22-38-11-4-12-49(38)18-26(41)16-38/h3,5-6,9-10,15,17,25-26H,4,7-8,11-14,16,18-22H2,1-2H3/b10-9+/t26-,38+/m1/s1. The van der Waals surface area contributed by atoms with Gasteiger partial charge in [0.15, 0.2) is 5.82 Å². The summed E-state index contributed by atoms with van der Waals surface area (Å²) in [4.78, 5) is 42.7. The molecule has 1 amide bonds. The maximum atomic E-state index is 16.9. The topological polar surface area (TPSA) is 110 Å². The van der Waals surface area contributed by atoms with Crippen LogP contribution in [0, 0.1) is 19.7 Å². The van der Waals surface area contributed by atoms with Crippen molar-refractivity contribution in [3.63, 3.8) is 0 Å². The number of aromatic nitrogens is 5. The van der Waals surface area contributed by atoms with Crippen molar-refractivity contribution >= 4 is 40.3 Å². The van der Waals surface area contributed by atoms with Gasteiger partial charge >= 0.3 is 6.01 Å². The summed E-state index contributed by atoms with van der Waals surface area (Å²) in [5.74, 6) is 0.638. The Hall–Kier alpha value is -4.33. The number of benzene rings is 1. The molecule has 3 aromatic heterocycles. The van der Waals surface area contributed by atoms with Crippen LogP contribution in [0.4, 0.5) is 14.6 Å².